The van der Waals surface area contributed by atoms with Crippen molar-refractivity contribution >= 4 is 16.9 Å². The molecule has 5 nitrogen and oxygen atoms in total. The molecule has 2 aromatic heterocycles. The molecule has 0 aliphatic heterocycles. The molecule has 1 saturated carbocycles. The molecule has 1 aliphatic carbocycles. The number of rotatable bonds is 5. The summed E-state index contributed by atoms with van der Waals surface area (Å²) in [5.41, 5.74) is 3.68. The Hall–Kier alpha value is -2.66. The van der Waals surface area contributed by atoms with E-state index in [0.717, 1.165) is 60.0 Å². The topological polar surface area (TPSA) is 75.4 Å². The maximum absolute atomic E-state index is 12.7. The maximum Gasteiger partial charge on any atom is 0.251 e. The molecule has 0 spiro atoms. The molecule has 30 heavy (non-hydrogen) atoms. The molecular formula is C25H30N2O3. The van der Waals surface area contributed by atoms with Gasteiger partial charge in [0.1, 0.15) is 5.58 Å². The van der Waals surface area contributed by atoms with Gasteiger partial charge in [-0.2, -0.15) is 0 Å². The van der Waals surface area contributed by atoms with Crippen molar-refractivity contribution in [1.82, 2.24) is 10.3 Å². The number of furan rings is 1. The van der Waals surface area contributed by atoms with Crippen molar-refractivity contribution in [3.8, 4) is 11.3 Å². The number of aryl methyl sites for hydroxylation is 1. The van der Waals surface area contributed by atoms with Gasteiger partial charge >= 0.3 is 0 Å². The second kappa shape index (κ2) is 8.23. The van der Waals surface area contributed by atoms with Gasteiger partial charge in [0.15, 0.2) is 0 Å². The van der Waals surface area contributed by atoms with Crippen LogP contribution in [0.1, 0.15) is 62.5 Å². The molecule has 0 atom stereocenters. The first-order chi connectivity index (χ1) is 14.3. The Kier molecular flexibility index (Phi) is 5.65. The number of hydrogen-bond donors (Lipinski definition) is 2. The molecular weight excluding hydrogens is 376 g/mol. The summed E-state index contributed by atoms with van der Waals surface area (Å²) >= 11 is 0. The number of pyridine rings is 1. The monoisotopic (exact) mass is 406 g/mol. The lowest BCUT2D eigenvalue weighted by atomic mass is 9.77. The van der Waals surface area contributed by atoms with Crippen molar-refractivity contribution in [2.24, 2.45) is 5.92 Å². The second-order valence-corrected chi connectivity index (χ2v) is 8.90. The lowest BCUT2D eigenvalue weighted by molar-refractivity contribution is -0.00257. The van der Waals surface area contributed by atoms with Crippen LogP contribution in [0.4, 0.5) is 0 Å². The zero-order valence-corrected chi connectivity index (χ0v) is 17.9. The summed E-state index contributed by atoms with van der Waals surface area (Å²) in [5, 5.41) is 14.3. The van der Waals surface area contributed by atoms with E-state index in [4.69, 9.17) is 9.40 Å². The highest BCUT2D eigenvalue weighted by molar-refractivity contribution is 5.96. The minimum atomic E-state index is -0.645. The molecule has 0 radical (unpaired) electrons. The number of fused-ring (bicyclic) bond motifs is 1. The van der Waals surface area contributed by atoms with Crippen LogP contribution < -0.4 is 5.32 Å². The number of benzene rings is 1. The van der Waals surface area contributed by atoms with Gasteiger partial charge in [-0.05, 0) is 70.1 Å². The van der Waals surface area contributed by atoms with Gasteiger partial charge in [-0.1, -0.05) is 19.1 Å². The van der Waals surface area contributed by atoms with Crippen molar-refractivity contribution in [2.45, 2.75) is 64.5 Å². The lowest BCUT2D eigenvalue weighted by Crippen LogP contribution is -2.41. The van der Waals surface area contributed by atoms with Crippen LogP contribution in [0.15, 0.2) is 47.1 Å². The Morgan fingerprint density at radius 3 is 2.50 bits per heavy atom. The zero-order valence-electron chi connectivity index (χ0n) is 17.9. The van der Waals surface area contributed by atoms with Gasteiger partial charge in [-0.3, -0.25) is 9.78 Å². The highest BCUT2D eigenvalue weighted by Crippen LogP contribution is 2.33. The molecule has 1 aromatic carbocycles. The number of hydrogen-bond acceptors (Lipinski definition) is 4. The molecule has 0 saturated heterocycles. The van der Waals surface area contributed by atoms with Gasteiger partial charge in [0, 0.05) is 34.3 Å². The Balaban J connectivity index is 1.46. The number of nitrogens with one attached hydrogen (secondary N) is 1. The molecule has 1 fully saturated rings. The van der Waals surface area contributed by atoms with Crippen LogP contribution in [-0.4, -0.2) is 27.6 Å². The molecule has 1 amide bonds. The summed E-state index contributed by atoms with van der Waals surface area (Å²) in [7, 11) is 0. The average molecular weight is 407 g/mol. The predicted octanol–water partition coefficient (Wildman–Crippen LogP) is 5.12. The molecule has 5 heteroatoms. The van der Waals surface area contributed by atoms with Crippen molar-refractivity contribution in [2.75, 3.05) is 0 Å². The number of aromatic nitrogens is 1. The number of aliphatic hydroxyl groups is 1. The van der Waals surface area contributed by atoms with E-state index >= 15 is 0 Å². The molecule has 3 aromatic rings. The van der Waals surface area contributed by atoms with E-state index in [1.165, 1.54) is 0 Å². The molecule has 0 unspecified atom stereocenters. The summed E-state index contributed by atoms with van der Waals surface area (Å²) in [5.74, 6) is 0.257. The number of amides is 1. The highest BCUT2D eigenvalue weighted by Gasteiger charge is 2.31. The SMILES string of the molecule is CCc1cc2occc2c(-c2ccc(C(=O)N[C@H]3CC[C@H](C(C)(C)O)CC3)cc2)n1. The van der Waals surface area contributed by atoms with Gasteiger partial charge in [0.05, 0.1) is 17.6 Å². The number of nitrogens with zero attached hydrogens (tertiary/aromatic N) is 1. The van der Waals surface area contributed by atoms with Gasteiger partial charge in [0.25, 0.3) is 5.91 Å². The van der Waals surface area contributed by atoms with Crippen LogP contribution in [-0.2, 0) is 6.42 Å². The van der Waals surface area contributed by atoms with Crippen molar-refractivity contribution in [3.05, 3.63) is 53.9 Å². The Morgan fingerprint density at radius 1 is 1.17 bits per heavy atom. The normalized spacial score (nSPS) is 19.7. The van der Waals surface area contributed by atoms with Crippen molar-refractivity contribution in [3.63, 3.8) is 0 Å². The average Bonchev–Trinajstić information content (AvgIpc) is 3.21. The molecule has 2 heterocycles. The van der Waals surface area contributed by atoms with Gasteiger partial charge < -0.3 is 14.8 Å². The van der Waals surface area contributed by atoms with E-state index in [9.17, 15) is 9.90 Å². The summed E-state index contributed by atoms with van der Waals surface area (Å²) in [6, 6.07) is 11.7. The third-order valence-electron chi connectivity index (χ3n) is 6.35. The Labute approximate surface area is 177 Å². The molecule has 0 bridgehead atoms. The van der Waals surface area contributed by atoms with Crippen LogP contribution in [0.3, 0.4) is 0 Å². The summed E-state index contributed by atoms with van der Waals surface area (Å²) < 4.78 is 5.58. The summed E-state index contributed by atoms with van der Waals surface area (Å²) in [4.78, 5) is 17.5. The van der Waals surface area contributed by atoms with Crippen LogP contribution in [0, 0.1) is 5.92 Å². The van der Waals surface area contributed by atoms with E-state index in [0.29, 0.717) is 11.5 Å². The maximum atomic E-state index is 12.7. The zero-order chi connectivity index (χ0) is 21.3. The predicted molar refractivity (Wildman–Crippen MR) is 118 cm³/mol. The molecule has 4 rings (SSSR count). The van der Waals surface area contributed by atoms with Gasteiger partial charge in [0.2, 0.25) is 0 Å². The van der Waals surface area contributed by atoms with Crippen LogP contribution in [0.2, 0.25) is 0 Å². The van der Waals surface area contributed by atoms with Crippen LogP contribution >= 0.6 is 0 Å². The highest BCUT2D eigenvalue weighted by atomic mass is 16.3. The molecule has 158 valence electrons. The lowest BCUT2D eigenvalue weighted by Gasteiger charge is -2.36. The minimum Gasteiger partial charge on any atom is -0.464 e. The fraction of sp³-hybridized carbons (Fsp3) is 0.440. The number of carbonyl (C=O) groups is 1. The molecule has 1 aliphatic rings. The smallest absolute Gasteiger partial charge is 0.251 e. The first-order valence-corrected chi connectivity index (χ1v) is 10.9. The quantitative estimate of drug-likeness (QED) is 0.617. The fourth-order valence-electron chi connectivity index (χ4n) is 4.41. The van der Waals surface area contributed by atoms with E-state index in [2.05, 4.69) is 12.2 Å². The minimum absolute atomic E-state index is 0.0445. The number of carbonyl (C=O) groups excluding carboxylic acids is 1. The van der Waals surface area contributed by atoms with Gasteiger partial charge in [-0.15, -0.1) is 0 Å². The first-order valence-electron chi connectivity index (χ1n) is 10.9. The van der Waals surface area contributed by atoms with E-state index < -0.39 is 5.60 Å². The Morgan fingerprint density at radius 2 is 1.87 bits per heavy atom. The second-order valence-electron chi connectivity index (χ2n) is 8.90. The van der Waals surface area contributed by atoms with Crippen LogP contribution in [0.5, 0.6) is 0 Å². The largest absolute Gasteiger partial charge is 0.464 e. The van der Waals surface area contributed by atoms with E-state index in [-0.39, 0.29) is 11.9 Å². The van der Waals surface area contributed by atoms with Crippen molar-refractivity contribution in [1.29, 1.82) is 0 Å². The standard InChI is InChI=1S/C25H30N2O3/c1-4-19-15-22-21(13-14-30-22)23(26-19)16-5-7-17(8-6-16)24(28)27-20-11-9-18(10-12-20)25(2,3)29/h5-8,13-15,18,20,29H,4,9-12H2,1-3H3,(H,27,28)/t18-,20-. The fourth-order valence-corrected chi connectivity index (χ4v) is 4.41. The Bertz CT molecular complexity index is 1020. The van der Waals surface area contributed by atoms with Crippen LogP contribution in [0.25, 0.3) is 22.2 Å². The summed E-state index contributed by atoms with van der Waals surface area (Å²) in [6.45, 7) is 5.82. The first kappa shape index (κ1) is 20.6. The summed E-state index contributed by atoms with van der Waals surface area (Å²) in [6.07, 6.45) is 6.21. The van der Waals surface area contributed by atoms with E-state index in [1.54, 1.807) is 6.26 Å². The third-order valence-corrected chi connectivity index (χ3v) is 6.35. The van der Waals surface area contributed by atoms with Gasteiger partial charge in [-0.25, -0.2) is 0 Å². The third kappa shape index (κ3) is 4.26. The van der Waals surface area contributed by atoms with E-state index in [1.807, 2.05) is 50.2 Å². The molecule has 2 N–H and O–H groups in total. The van der Waals surface area contributed by atoms with Crippen molar-refractivity contribution < 1.29 is 14.3 Å².